The number of carbonyl (C=O) groups is 4. The van der Waals surface area contributed by atoms with Gasteiger partial charge >= 0.3 is 23.9 Å². The topological polar surface area (TPSA) is 124 Å². The van der Waals surface area contributed by atoms with Gasteiger partial charge in [-0.25, -0.2) is 19.2 Å². The summed E-state index contributed by atoms with van der Waals surface area (Å²) >= 11 is 0. The van der Waals surface area contributed by atoms with Crippen molar-refractivity contribution in [3.05, 3.63) is 200 Å². The Morgan fingerprint density at radius 3 is 0.786 bits per heavy atom. The van der Waals surface area contributed by atoms with Crippen LogP contribution in [0.5, 0.6) is 0 Å². The van der Waals surface area contributed by atoms with Crippen molar-refractivity contribution in [2.45, 2.75) is 22.4 Å². The van der Waals surface area contributed by atoms with Crippen LogP contribution in [0.25, 0.3) is 0 Å². The van der Waals surface area contributed by atoms with Crippen molar-refractivity contribution in [3.8, 4) is 0 Å². The second kappa shape index (κ2) is 12.5. The van der Waals surface area contributed by atoms with Crippen LogP contribution in [0.4, 0.5) is 0 Å². The lowest BCUT2D eigenvalue weighted by Gasteiger charge is -2.32. The van der Waals surface area contributed by atoms with Crippen molar-refractivity contribution in [2.75, 3.05) is 28.4 Å². The number of hydrogen-bond donors (Lipinski definition) is 0. The average Bonchev–Trinajstić information content (AvgIpc) is 3.97. The SMILES string of the molecule is COC(=O)C1=C(C(=O)OC)C2(c3ccc(C45OC(c6ccccc6)(C(C(=O)OC)=C4C(=O)OC)c4ccccc45)cc3)OC1(c1ccccc1)c1ccccc12. The molecule has 0 amide bonds. The Morgan fingerprint density at radius 1 is 0.339 bits per heavy atom. The molecule has 0 aliphatic carbocycles. The van der Waals surface area contributed by atoms with E-state index in [4.69, 9.17) is 28.4 Å². The highest BCUT2D eigenvalue weighted by molar-refractivity contribution is 6.09. The van der Waals surface area contributed by atoms with Crippen molar-refractivity contribution >= 4 is 23.9 Å². The predicted octanol–water partition coefficient (Wildman–Crippen LogP) is 6.03. The number of esters is 4. The number of methoxy groups -OCH3 is 4. The maximum atomic E-state index is 14.1. The first-order valence-electron chi connectivity index (χ1n) is 17.9. The molecule has 5 aromatic carbocycles. The largest absolute Gasteiger partial charge is 0.466 e. The standard InChI is InChI=1S/C46H34O10/c1-51-39(47)35-37(41(49)53-3)45(33-21-13-11-19-31(33)43(35,55-45)27-15-7-5-8-16-27)29-23-25-30(26-24-29)46-34-22-14-12-20-32(34)44(56-46,28-17-9-6-10-18-28)36(40(48)52-2)38(46)42(50)54-4/h5-26H,1-4H3. The number of rotatable bonds is 8. The van der Waals surface area contributed by atoms with Crippen LogP contribution in [0.1, 0.15) is 44.5 Å². The van der Waals surface area contributed by atoms with Crippen LogP contribution in [0, 0.1) is 0 Å². The molecule has 4 aliphatic rings. The second-order valence-electron chi connectivity index (χ2n) is 13.8. The summed E-state index contributed by atoms with van der Waals surface area (Å²) in [5, 5.41) is 0. The molecule has 0 spiro atoms. The highest BCUT2D eigenvalue weighted by Crippen LogP contribution is 2.68. The molecule has 10 nitrogen and oxygen atoms in total. The summed E-state index contributed by atoms with van der Waals surface area (Å²) in [6.07, 6.45) is 0. The van der Waals surface area contributed by atoms with E-state index in [0.717, 1.165) is 0 Å². The molecule has 5 aromatic rings. The summed E-state index contributed by atoms with van der Waals surface area (Å²) in [4.78, 5) is 56.0. The maximum Gasteiger partial charge on any atom is 0.338 e. The quantitative estimate of drug-likeness (QED) is 0.137. The van der Waals surface area contributed by atoms with E-state index in [9.17, 15) is 19.2 Å². The lowest BCUT2D eigenvalue weighted by molar-refractivity contribution is -0.139. The van der Waals surface area contributed by atoms with Gasteiger partial charge in [-0.2, -0.15) is 0 Å². The van der Waals surface area contributed by atoms with E-state index in [1.807, 2.05) is 109 Å². The molecule has 0 fully saturated rings. The molecule has 0 saturated heterocycles. The van der Waals surface area contributed by atoms with Gasteiger partial charge in [-0.05, 0) is 44.5 Å². The first kappa shape index (κ1) is 35.1. The summed E-state index contributed by atoms with van der Waals surface area (Å²) in [6.45, 7) is 0. The number of ether oxygens (including phenoxy) is 6. The maximum absolute atomic E-state index is 14.1. The normalized spacial score (nSPS) is 25.1. The molecular formula is C46H34O10. The highest BCUT2D eigenvalue weighted by atomic mass is 16.6. The number of hydrogen-bond acceptors (Lipinski definition) is 10. The predicted molar refractivity (Wildman–Crippen MR) is 200 cm³/mol. The van der Waals surface area contributed by atoms with E-state index in [0.29, 0.717) is 44.5 Å². The van der Waals surface area contributed by atoms with E-state index in [1.165, 1.54) is 28.4 Å². The summed E-state index contributed by atoms with van der Waals surface area (Å²) in [5.41, 5.74) is -1.57. The van der Waals surface area contributed by atoms with Crippen molar-refractivity contribution in [2.24, 2.45) is 0 Å². The van der Waals surface area contributed by atoms with Gasteiger partial charge in [0.25, 0.3) is 0 Å². The molecule has 4 bridgehead atoms. The zero-order valence-corrected chi connectivity index (χ0v) is 30.8. The molecule has 0 saturated carbocycles. The van der Waals surface area contributed by atoms with E-state index >= 15 is 0 Å². The molecule has 278 valence electrons. The van der Waals surface area contributed by atoms with Crippen LogP contribution in [0.3, 0.4) is 0 Å². The molecule has 0 radical (unpaired) electrons. The fraction of sp³-hybridized carbons (Fsp3) is 0.174. The number of fused-ring (bicyclic) bond motifs is 10. The van der Waals surface area contributed by atoms with E-state index in [-0.39, 0.29) is 22.3 Å². The van der Waals surface area contributed by atoms with Gasteiger partial charge in [0.1, 0.15) is 0 Å². The van der Waals surface area contributed by atoms with Crippen molar-refractivity contribution < 1.29 is 47.6 Å². The second-order valence-corrected chi connectivity index (χ2v) is 13.8. The Hall–Kier alpha value is -6.62. The van der Waals surface area contributed by atoms with Crippen LogP contribution in [0.2, 0.25) is 0 Å². The fourth-order valence-electron chi connectivity index (χ4n) is 9.43. The van der Waals surface area contributed by atoms with Gasteiger partial charge in [0.15, 0.2) is 22.4 Å². The summed E-state index contributed by atoms with van der Waals surface area (Å²) < 4.78 is 35.9. The van der Waals surface area contributed by atoms with Crippen LogP contribution in [-0.4, -0.2) is 52.3 Å². The molecular weight excluding hydrogens is 712 g/mol. The van der Waals surface area contributed by atoms with Crippen molar-refractivity contribution in [1.82, 2.24) is 0 Å². The van der Waals surface area contributed by atoms with Crippen LogP contribution in [-0.2, 0) is 70.0 Å². The molecule has 56 heavy (non-hydrogen) atoms. The van der Waals surface area contributed by atoms with Gasteiger partial charge in [-0.3, -0.25) is 0 Å². The Balaban J connectivity index is 1.32. The van der Waals surface area contributed by atoms with Crippen molar-refractivity contribution in [1.29, 1.82) is 0 Å². The number of carbonyl (C=O) groups excluding carboxylic acids is 4. The molecule has 9 rings (SSSR count). The zero-order valence-electron chi connectivity index (χ0n) is 30.8. The van der Waals surface area contributed by atoms with E-state index < -0.39 is 46.3 Å². The molecule has 4 unspecified atom stereocenters. The summed E-state index contributed by atoms with van der Waals surface area (Å²) in [7, 11) is 5.02. The minimum atomic E-state index is -1.64. The molecule has 0 aromatic heterocycles. The van der Waals surface area contributed by atoms with Gasteiger partial charge in [-0.1, -0.05) is 133 Å². The molecule has 0 N–H and O–H groups in total. The first-order chi connectivity index (χ1) is 27.2. The number of benzene rings is 5. The Labute approximate surface area is 321 Å². The third-order valence-corrected chi connectivity index (χ3v) is 11.5. The van der Waals surface area contributed by atoms with Crippen molar-refractivity contribution in [3.63, 3.8) is 0 Å². The lowest BCUT2D eigenvalue weighted by Crippen LogP contribution is -2.36. The van der Waals surface area contributed by atoms with Gasteiger partial charge in [0.05, 0.1) is 50.7 Å². The minimum Gasteiger partial charge on any atom is -0.466 e. The van der Waals surface area contributed by atoms with Gasteiger partial charge in [-0.15, -0.1) is 0 Å². The summed E-state index contributed by atoms with van der Waals surface area (Å²) in [6, 6.07) is 40.3. The van der Waals surface area contributed by atoms with Crippen LogP contribution < -0.4 is 0 Å². The molecule has 4 heterocycles. The molecule has 4 atom stereocenters. The van der Waals surface area contributed by atoms with Gasteiger partial charge in [0.2, 0.25) is 0 Å². The Morgan fingerprint density at radius 2 is 0.554 bits per heavy atom. The third kappa shape index (κ3) is 4.11. The van der Waals surface area contributed by atoms with Gasteiger partial charge < -0.3 is 28.4 Å². The minimum absolute atomic E-state index is 0.00884. The monoisotopic (exact) mass is 746 g/mol. The Bertz CT molecular complexity index is 2380. The molecule has 4 aliphatic heterocycles. The first-order valence-corrected chi connectivity index (χ1v) is 17.9. The highest BCUT2D eigenvalue weighted by Gasteiger charge is 2.71. The van der Waals surface area contributed by atoms with Crippen LogP contribution >= 0.6 is 0 Å². The van der Waals surface area contributed by atoms with E-state index in [1.54, 1.807) is 24.3 Å². The average molecular weight is 747 g/mol. The van der Waals surface area contributed by atoms with Crippen LogP contribution in [0.15, 0.2) is 156 Å². The fourth-order valence-corrected chi connectivity index (χ4v) is 9.43. The summed E-state index contributed by atoms with van der Waals surface area (Å²) in [5.74, 6) is -3.03. The van der Waals surface area contributed by atoms with E-state index in [2.05, 4.69) is 0 Å². The zero-order chi connectivity index (χ0) is 39.0. The Kier molecular flexibility index (Phi) is 7.81. The molecule has 10 heteroatoms. The third-order valence-electron chi connectivity index (χ3n) is 11.5. The lowest BCUT2D eigenvalue weighted by atomic mass is 9.67. The van der Waals surface area contributed by atoms with Gasteiger partial charge in [0, 0.05) is 0 Å². The smallest absolute Gasteiger partial charge is 0.338 e.